The summed E-state index contributed by atoms with van der Waals surface area (Å²) < 4.78 is 20.6. The SMILES string of the molecule is Cn1ncc2c1CCc1sc(NC(=O)COc3ccccc3F)nc1-2. The molecule has 6 nitrogen and oxygen atoms in total. The summed E-state index contributed by atoms with van der Waals surface area (Å²) in [5.41, 5.74) is 3.05. The number of para-hydroxylation sites is 1. The molecule has 1 N–H and O–H groups in total. The first-order valence-electron chi connectivity index (χ1n) is 7.80. The molecule has 2 aromatic heterocycles. The van der Waals surface area contributed by atoms with Gasteiger partial charge in [0.25, 0.3) is 5.91 Å². The molecule has 0 saturated carbocycles. The number of anilines is 1. The number of carbonyl (C=O) groups excluding carboxylic acids is 1. The molecule has 0 bridgehead atoms. The van der Waals surface area contributed by atoms with Crippen LogP contribution < -0.4 is 10.1 Å². The van der Waals surface area contributed by atoms with Crippen molar-refractivity contribution in [1.29, 1.82) is 0 Å². The zero-order chi connectivity index (χ0) is 17.4. The number of carbonyl (C=O) groups is 1. The molecule has 0 saturated heterocycles. The second kappa shape index (κ2) is 6.29. The molecule has 1 aliphatic carbocycles. The van der Waals surface area contributed by atoms with Crippen molar-refractivity contribution in [2.45, 2.75) is 12.8 Å². The first-order chi connectivity index (χ1) is 12.1. The maximum atomic E-state index is 13.5. The maximum absolute atomic E-state index is 13.5. The third-order valence-electron chi connectivity index (χ3n) is 4.04. The number of ether oxygens (including phenoxy) is 1. The highest BCUT2D eigenvalue weighted by molar-refractivity contribution is 7.16. The molecule has 1 amide bonds. The molecular formula is C17H15FN4O2S. The van der Waals surface area contributed by atoms with Crippen LogP contribution in [0, 0.1) is 5.82 Å². The zero-order valence-corrected chi connectivity index (χ0v) is 14.3. The van der Waals surface area contributed by atoms with Gasteiger partial charge in [-0.1, -0.05) is 12.1 Å². The number of thiazole rings is 1. The van der Waals surface area contributed by atoms with Crippen molar-refractivity contribution in [2.24, 2.45) is 7.05 Å². The summed E-state index contributed by atoms with van der Waals surface area (Å²) in [6.45, 7) is -0.274. The van der Waals surface area contributed by atoms with Gasteiger partial charge in [0.05, 0.1) is 11.9 Å². The Hall–Kier alpha value is -2.74. The van der Waals surface area contributed by atoms with Gasteiger partial charge < -0.3 is 4.74 Å². The fourth-order valence-corrected chi connectivity index (χ4v) is 3.83. The average molecular weight is 358 g/mol. The zero-order valence-electron chi connectivity index (χ0n) is 13.5. The minimum atomic E-state index is -0.496. The molecule has 0 unspecified atom stereocenters. The van der Waals surface area contributed by atoms with Crippen LogP contribution in [0.2, 0.25) is 0 Å². The number of fused-ring (bicyclic) bond motifs is 3. The number of hydrogen-bond acceptors (Lipinski definition) is 5. The van der Waals surface area contributed by atoms with Gasteiger partial charge in [0.1, 0.15) is 0 Å². The summed E-state index contributed by atoms with van der Waals surface area (Å²) in [6, 6.07) is 5.98. The molecule has 0 atom stereocenters. The first-order valence-corrected chi connectivity index (χ1v) is 8.61. The number of rotatable bonds is 4. The summed E-state index contributed by atoms with van der Waals surface area (Å²) in [4.78, 5) is 17.7. The van der Waals surface area contributed by atoms with Crippen molar-refractivity contribution >= 4 is 22.4 Å². The average Bonchev–Trinajstić information content (AvgIpc) is 3.17. The molecule has 0 fully saturated rings. The van der Waals surface area contributed by atoms with E-state index in [0.717, 1.165) is 34.7 Å². The number of nitrogens with zero attached hydrogens (tertiary/aromatic N) is 3. The Morgan fingerprint density at radius 2 is 2.24 bits per heavy atom. The lowest BCUT2D eigenvalue weighted by Crippen LogP contribution is -2.20. The Morgan fingerprint density at radius 1 is 1.40 bits per heavy atom. The number of aromatic nitrogens is 3. The molecule has 1 aromatic carbocycles. The van der Waals surface area contributed by atoms with Crippen LogP contribution in [0.3, 0.4) is 0 Å². The smallest absolute Gasteiger partial charge is 0.264 e. The normalized spacial score (nSPS) is 12.4. The van der Waals surface area contributed by atoms with Crippen LogP contribution in [0.15, 0.2) is 30.5 Å². The number of amides is 1. The van der Waals surface area contributed by atoms with Crippen molar-refractivity contribution in [3.8, 4) is 17.0 Å². The third-order valence-corrected chi connectivity index (χ3v) is 5.08. The van der Waals surface area contributed by atoms with Gasteiger partial charge in [-0.05, 0) is 25.0 Å². The van der Waals surface area contributed by atoms with Crippen LogP contribution >= 0.6 is 11.3 Å². The summed E-state index contributed by atoms with van der Waals surface area (Å²) in [5.74, 6) is -0.819. The molecular weight excluding hydrogens is 343 g/mol. The Balaban J connectivity index is 1.45. The summed E-state index contributed by atoms with van der Waals surface area (Å²) in [7, 11) is 1.92. The van der Waals surface area contributed by atoms with E-state index in [1.165, 1.54) is 23.5 Å². The van der Waals surface area contributed by atoms with Crippen LogP contribution in [0.1, 0.15) is 10.6 Å². The van der Waals surface area contributed by atoms with E-state index in [0.29, 0.717) is 5.13 Å². The number of aryl methyl sites for hydroxylation is 2. The van der Waals surface area contributed by atoms with E-state index in [9.17, 15) is 9.18 Å². The van der Waals surface area contributed by atoms with Gasteiger partial charge in [-0.15, -0.1) is 11.3 Å². The number of hydrogen-bond donors (Lipinski definition) is 1. The maximum Gasteiger partial charge on any atom is 0.264 e. The topological polar surface area (TPSA) is 69.0 Å². The monoisotopic (exact) mass is 358 g/mol. The molecule has 8 heteroatoms. The highest BCUT2D eigenvalue weighted by Gasteiger charge is 2.24. The molecule has 128 valence electrons. The third kappa shape index (κ3) is 3.00. The largest absolute Gasteiger partial charge is 0.481 e. The van der Waals surface area contributed by atoms with Gasteiger partial charge in [0, 0.05) is 23.2 Å². The van der Waals surface area contributed by atoms with Crippen LogP contribution in [0.4, 0.5) is 9.52 Å². The first kappa shape index (κ1) is 15.8. The molecule has 0 aliphatic heterocycles. The molecule has 3 aromatic rings. The van der Waals surface area contributed by atoms with Crippen LogP contribution in [0.5, 0.6) is 5.75 Å². The van der Waals surface area contributed by atoms with E-state index < -0.39 is 5.82 Å². The van der Waals surface area contributed by atoms with E-state index in [1.54, 1.807) is 18.3 Å². The highest BCUT2D eigenvalue weighted by atomic mass is 32.1. The Bertz CT molecular complexity index is 950. The van der Waals surface area contributed by atoms with Gasteiger partial charge >= 0.3 is 0 Å². The van der Waals surface area contributed by atoms with Crippen molar-refractivity contribution in [3.05, 3.63) is 46.9 Å². The quantitative estimate of drug-likeness (QED) is 0.779. The van der Waals surface area contributed by atoms with Gasteiger partial charge in [-0.2, -0.15) is 5.10 Å². The lowest BCUT2D eigenvalue weighted by atomic mass is 10.0. The number of halogens is 1. The van der Waals surface area contributed by atoms with E-state index in [-0.39, 0.29) is 18.3 Å². The lowest BCUT2D eigenvalue weighted by Gasteiger charge is -2.10. The molecule has 25 heavy (non-hydrogen) atoms. The standard InChI is InChI=1S/C17H15FN4O2S/c1-22-12-6-7-14-16(10(12)8-19-22)21-17(25-14)20-15(23)9-24-13-5-3-2-4-11(13)18/h2-5,8H,6-7,9H2,1H3,(H,20,21,23). The Morgan fingerprint density at radius 3 is 3.08 bits per heavy atom. The Labute approximate surface area is 147 Å². The fourth-order valence-electron chi connectivity index (χ4n) is 2.83. The molecule has 4 rings (SSSR count). The molecule has 0 spiro atoms. The van der Waals surface area contributed by atoms with Gasteiger partial charge in [0.15, 0.2) is 23.3 Å². The molecule has 0 radical (unpaired) electrons. The van der Waals surface area contributed by atoms with Crippen LogP contribution in [-0.4, -0.2) is 27.3 Å². The van der Waals surface area contributed by atoms with E-state index in [1.807, 2.05) is 11.7 Å². The lowest BCUT2D eigenvalue weighted by molar-refractivity contribution is -0.118. The Kier molecular flexibility index (Phi) is 3.96. The fraction of sp³-hybridized carbons (Fsp3) is 0.235. The summed E-state index contributed by atoms with van der Waals surface area (Å²) >= 11 is 1.45. The van der Waals surface area contributed by atoms with Crippen LogP contribution in [-0.2, 0) is 24.7 Å². The van der Waals surface area contributed by atoms with E-state index >= 15 is 0 Å². The second-order valence-corrected chi connectivity index (χ2v) is 6.77. The molecule has 2 heterocycles. The number of benzene rings is 1. The van der Waals surface area contributed by atoms with Crippen molar-refractivity contribution < 1.29 is 13.9 Å². The minimum absolute atomic E-state index is 0.0519. The predicted molar refractivity (Wildman–Crippen MR) is 92.2 cm³/mol. The summed E-state index contributed by atoms with van der Waals surface area (Å²) in [6.07, 6.45) is 3.59. The van der Waals surface area contributed by atoms with E-state index in [4.69, 9.17) is 4.74 Å². The predicted octanol–water partition coefficient (Wildman–Crippen LogP) is 2.80. The van der Waals surface area contributed by atoms with E-state index in [2.05, 4.69) is 15.4 Å². The second-order valence-electron chi connectivity index (χ2n) is 5.69. The molecule has 1 aliphatic rings. The van der Waals surface area contributed by atoms with Gasteiger partial charge in [0.2, 0.25) is 0 Å². The van der Waals surface area contributed by atoms with Crippen molar-refractivity contribution in [1.82, 2.24) is 14.8 Å². The minimum Gasteiger partial charge on any atom is -0.481 e. The highest BCUT2D eigenvalue weighted by Crippen LogP contribution is 2.37. The van der Waals surface area contributed by atoms with Crippen LogP contribution in [0.25, 0.3) is 11.3 Å². The van der Waals surface area contributed by atoms with Crippen molar-refractivity contribution in [2.75, 3.05) is 11.9 Å². The van der Waals surface area contributed by atoms with Gasteiger partial charge in [-0.25, -0.2) is 9.37 Å². The summed E-state index contributed by atoms with van der Waals surface area (Å²) in [5, 5.41) is 7.51. The van der Waals surface area contributed by atoms with Gasteiger partial charge in [-0.3, -0.25) is 14.8 Å². The van der Waals surface area contributed by atoms with Crippen molar-refractivity contribution in [3.63, 3.8) is 0 Å². The number of nitrogens with one attached hydrogen (secondary N) is 1.